The van der Waals surface area contributed by atoms with Gasteiger partial charge in [-0.2, -0.15) is 0 Å². The number of halogens is 1. The van der Waals surface area contributed by atoms with E-state index < -0.39 is 11.9 Å². The van der Waals surface area contributed by atoms with Gasteiger partial charge >= 0.3 is 0 Å². The molecule has 0 radical (unpaired) electrons. The molecule has 1 unspecified atom stereocenters. The fraction of sp³-hybridized carbons (Fsp3) is 0.300. The molecule has 5 heteroatoms. The number of hydrogen-bond acceptors (Lipinski definition) is 3. The zero-order valence-electron chi connectivity index (χ0n) is 8.00. The molecule has 4 nitrogen and oxygen atoms in total. The van der Waals surface area contributed by atoms with Gasteiger partial charge in [0.1, 0.15) is 0 Å². The number of benzene rings is 1. The fourth-order valence-electron chi connectivity index (χ4n) is 1.40. The minimum absolute atomic E-state index is 0.0813. The largest absolute Gasteiger partial charge is 0.488 e. The molecule has 1 heterocycles. The van der Waals surface area contributed by atoms with E-state index in [1.165, 1.54) is 12.1 Å². The monoisotopic (exact) mass is 210 g/mol. The standard InChI is InChI=1S/C10H11FN2O2/c11-6-2-1-3-8-9(6)15-5-4-7(12)10(14)13-8/h1-3,7H,4-5,12H2,(H,13,14). The van der Waals surface area contributed by atoms with Crippen LogP contribution in [0.5, 0.6) is 5.75 Å². The van der Waals surface area contributed by atoms with Gasteiger partial charge in [-0.15, -0.1) is 0 Å². The molecular weight excluding hydrogens is 199 g/mol. The number of rotatable bonds is 0. The van der Waals surface area contributed by atoms with Crippen LogP contribution in [0.25, 0.3) is 0 Å². The number of anilines is 1. The molecule has 0 bridgehead atoms. The molecule has 1 aliphatic heterocycles. The van der Waals surface area contributed by atoms with E-state index in [4.69, 9.17) is 10.5 Å². The lowest BCUT2D eigenvalue weighted by Crippen LogP contribution is -2.38. The highest BCUT2D eigenvalue weighted by Gasteiger charge is 2.20. The quantitative estimate of drug-likeness (QED) is 0.668. The number of hydrogen-bond donors (Lipinski definition) is 2. The highest BCUT2D eigenvalue weighted by atomic mass is 19.1. The number of ether oxygens (including phenoxy) is 1. The van der Waals surface area contributed by atoms with Crippen LogP contribution in [0, 0.1) is 5.82 Å². The van der Waals surface area contributed by atoms with Crippen molar-refractivity contribution in [3.8, 4) is 5.75 Å². The van der Waals surface area contributed by atoms with Gasteiger partial charge < -0.3 is 15.8 Å². The molecule has 1 atom stereocenters. The molecule has 2 rings (SSSR count). The third-order valence-corrected chi connectivity index (χ3v) is 2.24. The third kappa shape index (κ3) is 1.92. The highest BCUT2D eigenvalue weighted by molar-refractivity contribution is 5.96. The van der Waals surface area contributed by atoms with Gasteiger partial charge in [-0.25, -0.2) is 4.39 Å². The van der Waals surface area contributed by atoms with Crippen LogP contribution in [0.1, 0.15) is 6.42 Å². The van der Waals surface area contributed by atoms with E-state index in [1.807, 2.05) is 0 Å². The normalized spacial score (nSPS) is 20.7. The Bertz CT molecular complexity index is 395. The van der Waals surface area contributed by atoms with Crippen LogP contribution in [0.4, 0.5) is 10.1 Å². The summed E-state index contributed by atoms with van der Waals surface area (Å²) < 4.78 is 18.5. The topological polar surface area (TPSA) is 64.3 Å². The Morgan fingerprint density at radius 2 is 2.33 bits per heavy atom. The summed E-state index contributed by atoms with van der Waals surface area (Å²) in [4.78, 5) is 11.4. The van der Waals surface area contributed by atoms with Gasteiger partial charge in [-0.05, 0) is 12.1 Å². The van der Waals surface area contributed by atoms with Crippen LogP contribution in [0.2, 0.25) is 0 Å². The number of para-hydroxylation sites is 1. The Morgan fingerprint density at radius 3 is 3.13 bits per heavy atom. The first-order valence-corrected chi connectivity index (χ1v) is 4.66. The van der Waals surface area contributed by atoms with Crippen molar-refractivity contribution in [1.82, 2.24) is 0 Å². The van der Waals surface area contributed by atoms with E-state index in [-0.39, 0.29) is 18.3 Å². The SMILES string of the molecule is NC1CCOc2c(F)cccc2NC1=O. The van der Waals surface area contributed by atoms with Crippen molar-refractivity contribution >= 4 is 11.6 Å². The Kier molecular flexibility index (Phi) is 2.55. The Balaban J connectivity index is 2.37. The molecule has 3 N–H and O–H groups in total. The van der Waals surface area contributed by atoms with Crippen LogP contribution in [-0.4, -0.2) is 18.6 Å². The number of carbonyl (C=O) groups is 1. The summed E-state index contributed by atoms with van der Waals surface area (Å²) in [5.74, 6) is -0.717. The van der Waals surface area contributed by atoms with E-state index in [0.29, 0.717) is 12.1 Å². The molecule has 15 heavy (non-hydrogen) atoms. The summed E-state index contributed by atoms with van der Waals surface area (Å²) in [5.41, 5.74) is 5.89. The van der Waals surface area contributed by atoms with Gasteiger partial charge in [0.05, 0.1) is 18.3 Å². The third-order valence-electron chi connectivity index (χ3n) is 2.24. The maximum Gasteiger partial charge on any atom is 0.241 e. The molecule has 1 aromatic carbocycles. The molecule has 0 saturated carbocycles. The minimum Gasteiger partial charge on any atom is -0.488 e. The second-order valence-electron chi connectivity index (χ2n) is 3.35. The van der Waals surface area contributed by atoms with Crippen LogP contribution < -0.4 is 15.8 Å². The van der Waals surface area contributed by atoms with Gasteiger partial charge in [0.25, 0.3) is 0 Å². The Hall–Kier alpha value is -1.62. The number of nitrogens with two attached hydrogens (primary N) is 1. The second kappa shape index (κ2) is 3.86. The van der Waals surface area contributed by atoms with Crippen LogP contribution in [-0.2, 0) is 4.79 Å². The highest BCUT2D eigenvalue weighted by Crippen LogP contribution is 2.29. The van der Waals surface area contributed by atoms with Crippen LogP contribution in [0.15, 0.2) is 18.2 Å². The van der Waals surface area contributed by atoms with E-state index in [2.05, 4.69) is 5.32 Å². The predicted molar refractivity (Wildman–Crippen MR) is 53.1 cm³/mol. The molecule has 0 fully saturated rings. The second-order valence-corrected chi connectivity index (χ2v) is 3.35. The average molecular weight is 210 g/mol. The minimum atomic E-state index is -0.610. The first-order valence-electron chi connectivity index (χ1n) is 4.66. The van der Waals surface area contributed by atoms with Crippen molar-refractivity contribution in [3.63, 3.8) is 0 Å². The smallest absolute Gasteiger partial charge is 0.241 e. The lowest BCUT2D eigenvalue weighted by atomic mass is 10.2. The molecule has 1 aromatic rings. The van der Waals surface area contributed by atoms with Crippen LogP contribution in [0.3, 0.4) is 0 Å². The predicted octanol–water partition coefficient (Wildman–Crippen LogP) is 0.874. The number of nitrogens with one attached hydrogen (secondary N) is 1. The first-order chi connectivity index (χ1) is 7.18. The Morgan fingerprint density at radius 1 is 1.53 bits per heavy atom. The summed E-state index contributed by atoms with van der Waals surface area (Å²) in [6.07, 6.45) is 0.375. The summed E-state index contributed by atoms with van der Waals surface area (Å²) in [5, 5.41) is 2.52. The van der Waals surface area contributed by atoms with Crippen molar-refractivity contribution in [1.29, 1.82) is 0 Å². The molecular formula is C10H11FN2O2. The van der Waals surface area contributed by atoms with E-state index >= 15 is 0 Å². The van der Waals surface area contributed by atoms with Crippen molar-refractivity contribution in [2.75, 3.05) is 11.9 Å². The van der Waals surface area contributed by atoms with Gasteiger partial charge in [-0.1, -0.05) is 6.07 Å². The number of amides is 1. The summed E-state index contributed by atoms with van der Waals surface area (Å²) in [7, 11) is 0. The maximum atomic E-state index is 13.3. The molecule has 0 aromatic heterocycles. The molecule has 0 aliphatic carbocycles. The summed E-state index contributed by atoms with van der Waals surface area (Å²) in [6, 6.07) is 3.76. The van der Waals surface area contributed by atoms with Gasteiger partial charge in [0.2, 0.25) is 5.91 Å². The molecule has 1 amide bonds. The lowest BCUT2D eigenvalue weighted by molar-refractivity contribution is -0.117. The van der Waals surface area contributed by atoms with E-state index in [1.54, 1.807) is 6.07 Å². The van der Waals surface area contributed by atoms with Crippen LogP contribution >= 0.6 is 0 Å². The fourth-order valence-corrected chi connectivity index (χ4v) is 1.40. The molecule has 80 valence electrons. The zero-order valence-corrected chi connectivity index (χ0v) is 8.00. The van der Waals surface area contributed by atoms with E-state index in [0.717, 1.165) is 0 Å². The Labute approximate surface area is 86.2 Å². The lowest BCUT2D eigenvalue weighted by Gasteiger charge is -2.19. The van der Waals surface area contributed by atoms with Crippen molar-refractivity contribution in [2.24, 2.45) is 5.73 Å². The first kappa shape index (κ1) is 9.92. The van der Waals surface area contributed by atoms with Crippen molar-refractivity contribution in [3.05, 3.63) is 24.0 Å². The van der Waals surface area contributed by atoms with Gasteiger partial charge in [0, 0.05) is 6.42 Å². The van der Waals surface area contributed by atoms with Crippen molar-refractivity contribution < 1.29 is 13.9 Å². The summed E-state index contributed by atoms with van der Waals surface area (Å²) >= 11 is 0. The number of fused-ring (bicyclic) bond motifs is 1. The molecule has 1 aliphatic rings. The number of carbonyl (C=O) groups excluding carboxylic acids is 1. The zero-order chi connectivity index (χ0) is 10.8. The summed E-state index contributed by atoms with van der Waals surface area (Å²) in [6.45, 7) is 0.239. The maximum absolute atomic E-state index is 13.3. The van der Waals surface area contributed by atoms with E-state index in [9.17, 15) is 9.18 Å². The van der Waals surface area contributed by atoms with Crippen molar-refractivity contribution in [2.45, 2.75) is 12.5 Å². The van der Waals surface area contributed by atoms with Gasteiger partial charge in [-0.3, -0.25) is 4.79 Å². The molecule has 0 saturated heterocycles. The van der Waals surface area contributed by atoms with Gasteiger partial charge in [0.15, 0.2) is 11.6 Å². The average Bonchev–Trinajstić information content (AvgIpc) is 2.19. The molecule has 0 spiro atoms.